The van der Waals surface area contributed by atoms with Gasteiger partial charge < -0.3 is 9.88 Å². The van der Waals surface area contributed by atoms with Gasteiger partial charge in [0, 0.05) is 24.7 Å². The number of pyridine rings is 1. The predicted octanol–water partition coefficient (Wildman–Crippen LogP) is 5.08. The number of thiophene rings is 1. The molecule has 1 N–H and O–H groups in total. The number of anilines is 1. The van der Waals surface area contributed by atoms with Crippen LogP contribution in [-0.4, -0.2) is 10.5 Å². The highest BCUT2D eigenvalue weighted by Gasteiger charge is 2.14. The van der Waals surface area contributed by atoms with E-state index in [0.29, 0.717) is 38.5 Å². The van der Waals surface area contributed by atoms with Crippen molar-refractivity contribution >= 4 is 46.1 Å². The Balaban J connectivity index is 1.90. The maximum absolute atomic E-state index is 12.6. The zero-order valence-corrected chi connectivity index (χ0v) is 16.3. The Kier molecular flexibility index (Phi) is 5.81. The first-order valence-electron chi connectivity index (χ1n) is 8.01. The van der Waals surface area contributed by atoms with Gasteiger partial charge in [-0.3, -0.25) is 9.59 Å². The quantitative estimate of drug-likeness (QED) is 0.641. The van der Waals surface area contributed by atoms with Crippen molar-refractivity contribution in [3.8, 4) is 0 Å². The van der Waals surface area contributed by atoms with Crippen LogP contribution >= 0.6 is 34.5 Å². The molecule has 0 atom stereocenters. The number of hydrogen-bond donors (Lipinski definition) is 1. The smallest absolute Gasteiger partial charge is 0.265 e. The van der Waals surface area contributed by atoms with Crippen molar-refractivity contribution in [2.24, 2.45) is 0 Å². The first-order chi connectivity index (χ1) is 12.5. The molecular formula is C19H16Cl2N2O2S. The molecule has 134 valence electrons. The lowest BCUT2D eigenvalue weighted by molar-refractivity contribution is 0.103. The third kappa shape index (κ3) is 4.18. The largest absolute Gasteiger partial charge is 0.320 e. The SMILES string of the molecule is CCn1cc(NC(=O)c2cc(Cl)c(Cl)s2)cc(Cc2ccccc2)c1=O. The monoisotopic (exact) mass is 406 g/mol. The number of aromatic nitrogens is 1. The minimum Gasteiger partial charge on any atom is -0.320 e. The molecule has 0 aliphatic carbocycles. The van der Waals surface area contributed by atoms with E-state index in [4.69, 9.17) is 23.2 Å². The lowest BCUT2D eigenvalue weighted by Crippen LogP contribution is -2.24. The number of halogens is 2. The summed E-state index contributed by atoms with van der Waals surface area (Å²) in [6, 6.07) is 13.0. The minimum atomic E-state index is -0.309. The second-order valence-corrected chi connectivity index (χ2v) is 7.76. The van der Waals surface area contributed by atoms with Crippen LogP contribution in [-0.2, 0) is 13.0 Å². The number of amides is 1. The number of carbonyl (C=O) groups is 1. The molecule has 0 radical (unpaired) electrons. The maximum Gasteiger partial charge on any atom is 0.265 e. The van der Waals surface area contributed by atoms with E-state index >= 15 is 0 Å². The zero-order valence-electron chi connectivity index (χ0n) is 14.0. The van der Waals surface area contributed by atoms with Gasteiger partial charge in [0.1, 0.15) is 4.34 Å². The first kappa shape index (κ1) is 18.7. The molecule has 26 heavy (non-hydrogen) atoms. The molecule has 2 heterocycles. The van der Waals surface area contributed by atoms with E-state index in [9.17, 15) is 9.59 Å². The van der Waals surface area contributed by atoms with Crippen LogP contribution in [0.4, 0.5) is 5.69 Å². The van der Waals surface area contributed by atoms with Crippen LogP contribution in [0.15, 0.2) is 53.5 Å². The van der Waals surface area contributed by atoms with Gasteiger partial charge in [-0.1, -0.05) is 53.5 Å². The summed E-state index contributed by atoms with van der Waals surface area (Å²) in [4.78, 5) is 25.4. The van der Waals surface area contributed by atoms with Crippen molar-refractivity contribution in [2.45, 2.75) is 19.9 Å². The highest BCUT2D eigenvalue weighted by molar-refractivity contribution is 7.18. The van der Waals surface area contributed by atoms with Crippen LogP contribution in [0.2, 0.25) is 9.36 Å². The summed E-state index contributed by atoms with van der Waals surface area (Å²) in [5.41, 5.74) is 2.16. The van der Waals surface area contributed by atoms with Crippen LogP contribution < -0.4 is 10.9 Å². The molecule has 1 amide bonds. The van der Waals surface area contributed by atoms with Gasteiger partial charge in [0.2, 0.25) is 0 Å². The van der Waals surface area contributed by atoms with E-state index < -0.39 is 0 Å². The van der Waals surface area contributed by atoms with Crippen LogP contribution in [0.5, 0.6) is 0 Å². The summed E-state index contributed by atoms with van der Waals surface area (Å²) in [7, 11) is 0. The van der Waals surface area contributed by atoms with Crippen molar-refractivity contribution in [3.63, 3.8) is 0 Å². The van der Waals surface area contributed by atoms with E-state index in [0.717, 1.165) is 16.9 Å². The predicted molar refractivity (Wildman–Crippen MR) is 108 cm³/mol. The maximum atomic E-state index is 12.6. The van der Waals surface area contributed by atoms with Gasteiger partial charge in [-0.25, -0.2) is 0 Å². The average Bonchev–Trinajstić information content (AvgIpc) is 2.97. The second kappa shape index (κ2) is 8.08. The lowest BCUT2D eigenvalue weighted by Gasteiger charge is -2.11. The van der Waals surface area contributed by atoms with Gasteiger partial charge in [0.15, 0.2) is 0 Å². The molecule has 0 unspecified atom stereocenters. The van der Waals surface area contributed by atoms with E-state index in [-0.39, 0.29) is 11.5 Å². The van der Waals surface area contributed by atoms with Gasteiger partial charge >= 0.3 is 0 Å². The Hall–Kier alpha value is -2.08. The summed E-state index contributed by atoms with van der Waals surface area (Å²) in [5.74, 6) is -0.309. The topological polar surface area (TPSA) is 51.1 Å². The Morgan fingerprint density at radius 2 is 1.92 bits per heavy atom. The standard InChI is InChI=1S/C19H16Cl2N2O2S/c1-2-23-11-14(22-18(24)16-10-15(20)17(21)26-16)9-13(19(23)25)8-12-6-4-3-5-7-12/h3-7,9-11H,2,8H2,1H3,(H,22,24). The van der Waals surface area contributed by atoms with Crippen LogP contribution in [0.1, 0.15) is 27.7 Å². The Labute approximate surface area is 165 Å². The highest BCUT2D eigenvalue weighted by Crippen LogP contribution is 2.32. The number of aryl methyl sites for hydroxylation is 1. The van der Waals surface area contributed by atoms with Crippen molar-refractivity contribution in [3.05, 3.63) is 84.4 Å². The summed E-state index contributed by atoms with van der Waals surface area (Å²) in [6.45, 7) is 2.40. The highest BCUT2D eigenvalue weighted by atomic mass is 35.5. The molecule has 3 aromatic rings. The van der Waals surface area contributed by atoms with Crippen LogP contribution in [0, 0.1) is 0 Å². The van der Waals surface area contributed by atoms with Gasteiger partial charge in [-0.05, 0) is 24.6 Å². The fourth-order valence-electron chi connectivity index (χ4n) is 2.59. The molecule has 0 bridgehead atoms. The number of nitrogens with zero attached hydrogens (tertiary/aromatic N) is 1. The molecule has 3 rings (SSSR count). The summed E-state index contributed by atoms with van der Waals surface area (Å²) in [5, 5.41) is 3.17. The van der Waals surface area contributed by atoms with E-state index in [2.05, 4.69) is 5.32 Å². The van der Waals surface area contributed by atoms with Gasteiger partial charge in [0.05, 0.1) is 15.6 Å². The Bertz CT molecular complexity index is 977. The van der Waals surface area contributed by atoms with E-state index in [1.807, 2.05) is 37.3 Å². The third-order valence-corrected chi connectivity index (χ3v) is 5.73. The van der Waals surface area contributed by atoms with Crippen molar-refractivity contribution in [1.29, 1.82) is 0 Å². The fraction of sp³-hybridized carbons (Fsp3) is 0.158. The van der Waals surface area contributed by atoms with E-state index in [1.54, 1.807) is 16.8 Å². The molecule has 0 fully saturated rings. The average molecular weight is 407 g/mol. The lowest BCUT2D eigenvalue weighted by atomic mass is 10.1. The Morgan fingerprint density at radius 3 is 2.54 bits per heavy atom. The minimum absolute atomic E-state index is 0.0587. The summed E-state index contributed by atoms with van der Waals surface area (Å²) < 4.78 is 1.96. The van der Waals surface area contributed by atoms with Crippen molar-refractivity contribution < 1.29 is 4.79 Å². The van der Waals surface area contributed by atoms with Gasteiger partial charge in [0.25, 0.3) is 11.5 Å². The molecule has 0 spiro atoms. The molecule has 1 aromatic carbocycles. The number of nitrogens with one attached hydrogen (secondary N) is 1. The van der Waals surface area contributed by atoms with Crippen LogP contribution in [0.3, 0.4) is 0 Å². The number of carbonyl (C=O) groups excluding carboxylic acids is 1. The fourth-order valence-corrected chi connectivity index (χ4v) is 3.86. The van der Waals surface area contributed by atoms with Gasteiger partial charge in [-0.2, -0.15) is 0 Å². The molecule has 0 saturated heterocycles. The molecule has 0 aliphatic heterocycles. The molecular weight excluding hydrogens is 391 g/mol. The normalized spacial score (nSPS) is 10.7. The number of benzene rings is 1. The molecule has 7 heteroatoms. The first-order valence-corrected chi connectivity index (χ1v) is 9.58. The third-order valence-electron chi connectivity index (χ3n) is 3.87. The van der Waals surface area contributed by atoms with E-state index in [1.165, 1.54) is 6.07 Å². The van der Waals surface area contributed by atoms with Crippen molar-refractivity contribution in [2.75, 3.05) is 5.32 Å². The molecule has 2 aromatic heterocycles. The number of rotatable bonds is 5. The van der Waals surface area contributed by atoms with Crippen LogP contribution in [0.25, 0.3) is 0 Å². The summed E-state index contributed by atoms with van der Waals surface area (Å²) in [6.07, 6.45) is 2.14. The molecule has 0 saturated carbocycles. The number of hydrogen-bond acceptors (Lipinski definition) is 3. The zero-order chi connectivity index (χ0) is 18.7. The van der Waals surface area contributed by atoms with Gasteiger partial charge in [-0.15, -0.1) is 11.3 Å². The second-order valence-electron chi connectivity index (χ2n) is 5.69. The molecule has 4 nitrogen and oxygen atoms in total. The Morgan fingerprint density at radius 1 is 1.19 bits per heavy atom. The summed E-state index contributed by atoms with van der Waals surface area (Å²) >= 11 is 12.9. The van der Waals surface area contributed by atoms with Crippen molar-refractivity contribution in [1.82, 2.24) is 4.57 Å². The molecule has 0 aliphatic rings.